The SMILES string of the molecule is Cc1ccc(N2C(=O)CC(c3cccc([N+](=O)[O-])c3)C3=C2COC3=O)cc1. The molecule has 0 fully saturated rings. The molecule has 27 heavy (non-hydrogen) atoms. The van der Waals surface area contributed by atoms with E-state index in [0.717, 1.165) is 5.56 Å². The molecule has 0 aliphatic carbocycles. The molecule has 7 heteroatoms. The summed E-state index contributed by atoms with van der Waals surface area (Å²) in [5, 5.41) is 11.1. The second-order valence-electron chi connectivity index (χ2n) is 6.61. The zero-order valence-electron chi connectivity index (χ0n) is 14.5. The molecule has 0 saturated carbocycles. The summed E-state index contributed by atoms with van der Waals surface area (Å²) in [7, 11) is 0. The Morgan fingerprint density at radius 2 is 1.89 bits per heavy atom. The summed E-state index contributed by atoms with van der Waals surface area (Å²) in [5.74, 6) is -1.21. The number of ether oxygens (including phenoxy) is 1. The maximum atomic E-state index is 12.9. The van der Waals surface area contributed by atoms with Gasteiger partial charge in [0.05, 0.1) is 16.2 Å². The van der Waals surface area contributed by atoms with Crippen LogP contribution in [0, 0.1) is 17.0 Å². The van der Waals surface area contributed by atoms with Crippen LogP contribution in [0.25, 0.3) is 0 Å². The number of carbonyl (C=O) groups is 2. The number of hydrogen-bond donors (Lipinski definition) is 0. The maximum absolute atomic E-state index is 12.9. The zero-order chi connectivity index (χ0) is 19.1. The average molecular weight is 364 g/mol. The van der Waals surface area contributed by atoms with Crippen molar-refractivity contribution in [2.45, 2.75) is 19.3 Å². The molecule has 136 valence electrons. The van der Waals surface area contributed by atoms with E-state index in [-0.39, 0.29) is 24.6 Å². The minimum atomic E-state index is -0.552. The van der Waals surface area contributed by atoms with Crippen LogP contribution in [0.15, 0.2) is 59.8 Å². The van der Waals surface area contributed by atoms with Crippen molar-refractivity contribution in [2.24, 2.45) is 0 Å². The predicted molar refractivity (Wildman–Crippen MR) is 97.1 cm³/mol. The number of anilines is 1. The Bertz CT molecular complexity index is 994. The van der Waals surface area contributed by atoms with Crippen LogP contribution in [-0.4, -0.2) is 23.4 Å². The van der Waals surface area contributed by atoms with Gasteiger partial charge < -0.3 is 4.74 Å². The highest BCUT2D eigenvalue weighted by atomic mass is 16.6. The van der Waals surface area contributed by atoms with Crippen LogP contribution < -0.4 is 4.90 Å². The second kappa shape index (κ2) is 6.35. The van der Waals surface area contributed by atoms with Crippen LogP contribution in [0.3, 0.4) is 0 Å². The van der Waals surface area contributed by atoms with E-state index in [1.165, 1.54) is 17.0 Å². The summed E-state index contributed by atoms with van der Waals surface area (Å²) in [6.45, 7) is 1.96. The minimum absolute atomic E-state index is 0.0131. The number of benzene rings is 2. The van der Waals surface area contributed by atoms with Crippen LogP contribution in [0.5, 0.6) is 0 Å². The molecule has 4 rings (SSSR count). The molecule has 7 nitrogen and oxygen atoms in total. The van der Waals surface area contributed by atoms with E-state index < -0.39 is 16.8 Å². The van der Waals surface area contributed by atoms with Gasteiger partial charge in [0.25, 0.3) is 5.69 Å². The van der Waals surface area contributed by atoms with E-state index in [1.807, 2.05) is 31.2 Å². The number of nitro benzene ring substituents is 1. The van der Waals surface area contributed by atoms with Crippen molar-refractivity contribution in [1.82, 2.24) is 0 Å². The van der Waals surface area contributed by atoms with Crippen LogP contribution in [0.4, 0.5) is 11.4 Å². The van der Waals surface area contributed by atoms with E-state index >= 15 is 0 Å². The van der Waals surface area contributed by atoms with Gasteiger partial charge in [-0.3, -0.25) is 19.8 Å². The first-order valence-corrected chi connectivity index (χ1v) is 8.50. The Hall–Kier alpha value is -3.48. The minimum Gasteiger partial charge on any atom is -0.456 e. The van der Waals surface area contributed by atoms with Crippen molar-refractivity contribution in [3.8, 4) is 0 Å². The third-order valence-corrected chi connectivity index (χ3v) is 4.89. The molecule has 1 amide bonds. The van der Waals surface area contributed by atoms with E-state index in [1.54, 1.807) is 12.1 Å². The van der Waals surface area contributed by atoms with E-state index in [4.69, 9.17) is 4.74 Å². The van der Waals surface area contributed by atoms with E-state index in [9.17, 15) is 19.7 Å². The Balaban J connectivity index is 1.81. The molecule has 2 aromatic rings. The highest BCUT2D eigenvalue weighted by molar-refractivity contribution is 6.06. The number of cyclic esters (lactones) is 1. The van der Waals surface area contributed by atoms with Gasteiger partial charge >= 0.3 is 5.97 Å². The van der Waals surface area contributed by atoms with E-state index in [0.29, 0.717) is 22.5 Å². The number of esters is 1. The fourth-order valence-electron chi connectivity index (χ4n) is 3.59. The van der Waals surface area contributed by atoms with Gasteiger partial charge in [0.15, 0.2) is 0 Å². The number of non-ortho nitro benzene ring substituents is 1. The van der Waals surface area contributed by atoms with Crippen molar-refractivity contribution < 1.29 is 19.2 Å². The summed E-state index contributed by atoms with van der Waals surface area (Å²) in [6.07, 6.45) is 0.0446. The molecule has 0 radical (unpaired) electrons. The third-order valence-electron chi connectivity index (χ3n) is 4.89. The van der Waals surface area contributed by atoms with Crippen LogP contribution in [-0.2, 0) is 14.3 Å². The normalized spacial score (nSPS) is 19.1. The lowest BCUT2D eigenvalue weighted by molar-refractivity contribution is -0.384. The molecule has 0 N–H and O–H groups in total. The number of nitrogens with zero attached hydrogens (tertiary/aromatic N) is 2. The molecule has 2 aliphatic rings. The Morgan fingerprint density at radius 1 is 1.15 bits per heavy atom. The topological polar surface area (TPSA) is 89.8 Å². The molecule has 0 spiro atoms. The first-order chi connectivity index (χ1) is 13.0. The van der Waals surface area contributed by atoms with Crippen molar-refractivity contribution >= 4 is 23.3 Å². The fraction of sp³-hybridized carbons (Fsp3) is 0.200. The lowest BCUT2D eigenvalue weighted by atomic mass is 9.84. The third kappa shape index (κ3) is 2.87. The van der Waals surface area contributed by atoms with Crippen LogP contribution >= 0.6 is 0 Å². The van der Waals surface area contributed by atoms with Crippen molar-refractivity contribution in [2.75, 3.05) is 11.5 Å². The molecule has 0 saturated heterocycles. The smallest absolute Gasteiger partial charge is 0.336 e. The van der Waals surface area contributed by atoms with Gasteiger partial charge in [0, 0.05) is 30.2 Å². The zero-order valence-corrected chi connectivity index (χ0v) is 14.5. The molecule has 2 aliphatic heterocycles. The highest BCUT2D eigenvalue weighted by Crippen LogP contribution is 2.42. The van der Waals surface area contributed by atoms with Crippen molar-refractivity contribution in [3.63, 3.8) is 0 Å². The first-order valence-electron chi connectivity index (χ1n) is 8.50. The summed E-state index contributed by atoms with van der Waals surface area (Å²) in [4.78, 5) is 37.4. The molecular formula is C20H16N2O5. The van der Waals surface area contributed by atoms with Crippen LogP contribution in [0.1, 0.15) is 23.5 Å². The van der Waals surface area contributed by atoms with E-state index in [2.05, 4.69) is 0 Å². The molecule has 2 aromatic carbocycles. The highest BCUT2D eigenvalue weighted by Gasteiger charge is 2.43. The van der Waals surface area contributed by atoms with Gasteiger partial charge in [-0.05, 0) is 24.6 Å². The largest absolute Gasteiger partial charge is 0.456 e. The molecular weight excluding hydrogens is 348 g/mol. The number of nitro groups is 1. The summed E-state index contributed by atoms with van der Waals surface area (Å²) >= 11 is 0. The Morgan fingerprint density at radius 3 is 2.59 bits per heavy atom. The van der Waals surface area contributed by atoms with Crippen LogP contribution in [0.2, 0.25) is 0 Å². The standard InChI is InChI=1S/C20H16N2O5/c1-12-5-7-14(8-6-12)21-17-11-27-20(24)19(17)16(10-18(21)23)13-3-2-4-15(9-13)22(25)26/h2-9,16H,10-11H2,1H3. The van der Waals surface area contributed by atoms with Gasteiger partial charge in [-0.25, -0.2) is 4.79 Å². The number of amides is 1. The lowest BCUT2D eigenvalue weighted by Crippen LogP contribution is -2.37. The van der Waals surface area contributed by atoms with Gasteiger partial charge in [-0.15, -0.1) is 0 Å². The molecule has 0 bridgehead atoms. The monoisotopic (exact) mass is 364 g/mol. The van der Waals surface area contributed by atoms with Crippen molar-refractivity contribution in [3.05, 3.63) is 81.0 Å². The molecule has 2 heterocycles. The number of rotatable bonds is 3. The number of hydrogen-bond acceptors (Lipinski definition) is 5. The summed E-state index contributed by atoms with van der Waals surface area (Å²) in [5.41, 5.74) is 3.13. The quantitative estimate of drug-likeness (QED) is 0.474. The number of carbonyl (C=O) groups excluding carboxylic acids is 2. The predicted octanol–water partition coefficient (Wildman–Crippen LogP) is 3.23. The maximum Gasteiger partial charge on any atom is 0.336 e. The van der Waals surface area contributed by atoms with Crippen molar-refractivity contribution in [1.29, 1.82) is 0 Å². The lowest BCUT2D eigenvalue weighted by Gasteiger charge is -2.31. The average Bonchev–Trinajstić information content (AvgIpc) is 3.04. The second-order valence-corrected chi connectivity index (χ2v) is 6.61. The summed E-state index contributed by atoms with van der Waals surface area (Å²) < 4.78 is 5.21. The molecule has 1 atom stereocenters. The molecule has 1 unspecified atom stereocenters. The molecule has 0 aromatic heterocycles. The van der Waals surface area contributed by atoms with Gasteiger partial charge in [-0.1, -0.05) is 29.8 Å². The Kier molecular flexibility index (Phi) is 3.99. The summed E-state index contributed by atoms with van der Waals surface area (Å²) in [6, 6.07) is 13.5. The Labute approximate surface area is 155 Å². The van der Waals surface area contributed by atoms with Gasteiger partial charge in [-0.2, -0.15) is 0 Å². The fourth-order valence-corrected chi connectivity index (χ4v) is 3.59. The first kappa shape index (κ1) is 17.0. The number of aryl methyl sites for hydroxylation is 1. The van der Waals surface area contributed by atoms with Gasteiger partial charge in [0.1, 0.15) is 6.61 Å². The van der Waals surface area contributed by atoms with Gasteiger partial charge in [0.2, 0.25) is 5.91 Å².